The molecular formula is C13H13N3. The highest BCUT2D eigenvalue weighted by Gasteiger charge is 2.18. The highest BCUT2D eigenvalue weighted by Crippen LogP contribution is 2.31. The molecule has 0 spiro atoms. The van der Waals surface area contributed by atoms with Gasteiger partial charge < -0.3 is 5.32 Å². The summed E-state index contributed by atoms with van der Waals surface area (Å²) in [6.07, 6.45) is 7.56. The number of aromatic nitrogens is 2. The number of anilines is 1. The maximum absolute atomic E-state index is 4.06. The van der Waals surface area contributed by atoms with Gasteiger partial charge in [0.25, 0.3) is 0 Å². The first kappa shape index (κ1) is 9.33. The Balaban J connectivity index is 1.89. The van der Waals surface area contributed by atoms with Crippen LogP contribution in [0.2, 0.25) is 0 Å². The second-order valence-electron chi connectivity index (χ2n) is 4.06. The molecule has 1 aliphatic rings. The summed E-state index contributed by atoms with van der Waals surface area (Å²) >= 11 is 0. The zero-order valence-corrected chi connectivity index (χ0v) is 8.93. The average Bonchev–Trinajstić information content (AvgIpc) is 2.39. The number of nitrogens with zero attached hydrogens (tertiary/aromatic N) is 2. The van der Waals surface area contributed by atoms with Crippen LogP contribution in [0, 0.1) is 0 Å². The van der Waals surface area contributed by atoms with Gasteiger partial charge in [-0.05, 0) is 24.5 Å². The predicted molar refractivity (Wildman–Crippen MR) is 63.2 cm³/mol. The Hall–Kier alpha value is -1.90. The van der Waals surface area contributed by atoms with Gasteiger partial charge in [0, 0.05) is 23.6 Å². The highest BCUT2D eigenvalue weighted by molar-refractivity contribution is 5.54. The number of para-hydroxylation sites is 1. The fourth-order valence-corrected chi connectivity index (χ4v) is 2.18. The molecule has 1 aliphatic heterocycles. The first-order chi connectivity index (χ1) is 7.93. The third kappa shape index (κ3) is 1.65. The van der Waals surface area contributed by atoms with Crippen molar-refractivity contribution in [2.24, 2.45) is 0 Å². The van der Waals surface area contributed by atoms with Crippen LogP contribution in [0.15, 0.2) is 43.0 Å². The van der Waals surface area contributed by atoms with Gasteiger partial charge in [0.1, 0.15) is 6.33 Å². The number of nitrogens with one attached hydrogen (secondary N) is 1. The van der Waals surface area contributed by atoms with Crippen LogP contribution >= 0.6 is 0 Å². The van der Waals surface area contributed by atoms with Gasteiger partial charge in [0.2, 0.25) is 0 Å². The van der Waals surface area contributed by atoms with E-state index in [2.05, 4.69) is 39.6 Å². The lowest BCUT2D eigenvalue weighted by Gasteiger charge is -2.26. The summed E-state index contributed by atoms with van der Waals surface area (Å²) in [5.41, 5.74) is 3.80. The summed E-state index contributed by atoms with van der Waals surface area (Å²) in [4.78, 5) is 8.13. The van der Waals surface area contributed by atoms with E-state index in [1.165, 1.54) is 11.3 Å². The van der Waals surface area contributed by atoms with Gasteiger partial charge in [-0.1, -0.05) is 18.2 Å². The molecule has 1 unspecified atom stereocenters. The molecule has 0 saturated carbocycles. The summed E-state index contributed by atoms with van der Waals surface area (Å²) < 4.78 is 0. The minimum Gasteiger partial charge on any atom is -0.378 e. The van der Waals surface area contributed by atoms with Crippen molar-refractivity contribution in [2.45, 2.75) is 18.9 Å². The van der Waals surface area contributed by atoms with E-state index in [1.807, 2.05) is 12.4 Å². The van der Waals surface area contributed by atoms with Crippen LogP contribution in [0.5, 0.6) is 0 Å². The fraction of sp³-hybridized carbons (Fsp3) is 0.231. The molecule has 0 saturated heterocycles. The molecule has 1 N–H and O–H groups in total. The van der Waals surface area contributed by atoms with E-state index in [9.17, 15) is 0 Å². The standard InChI is InChI=1S/C13H13N3/c1-2-4-12-10(3-1)5-6-13(16-12)11-7-14-9-15-8-11/h1-4,7-9,13,16H,5-6H2. The quantitative estimate of drug-likeness (QED) is 0.787. The second kappa shape index (κ2) is 3.93. The molecule has 80 valence electrons. The summed E-state index contributed by atoms with van der Waals surface area (Å²) in [6.45, 7) is 0. The normalized spacial score (nSPS) is 18.6. The van der Waals surface area contributed by atoms with Crippen molar-refractivity contribution < 1.29 is 0 Å². The number of fused-ring (bicyclic) bond motifs is 1. The third-order valence-corrected chi connectivity index (χ3v) is 3.03. The molecule has 1 aromatic heterocycles. The summed E-state index contributed by atoms with van der Waals surface area (Å²) in [5.74, 6) is 0. The smallest absolute Gasteiger partial charge is 0.115 e. The zero-order valence-electron chi connectivity index (χ0n) is 8.93. The lowest BCUT2D eigenvalue weighted by atomic mass is 9.95. The molecule has 3 nitrogen and oxygen atoms in total. The molecule has 3 rings (SSSR count). The SMILES string of the molecule is c1ccc2c(c1)CCC(c1cncnc1)N2. The predicted octanol–water partition coefficient (Wildman–Crippen LogP) is 2.58. The monoisotopic (exact) mass is 211 g/mol. The number of benzene rings is 1. The zero-order chi connectivity index (χ0) is 10.8. The minimum absolute atomic E-state index is 0.344. The van der Waals surface area contributed by atoms with Gasteiger partial charge in [-0.3, -0.25) is 0 Å². The van der Waals surface area contributed by atoms with E-state index < -0.39 is 0 Å². The molecule has 3 heteroatoms. The Bertz CT molecular complexity index is 482. The maximum atomic E-state index is 4.06. The van der Waals surface area contributed by atoms with Gasteiger partial charge in [-0.2, -0.15) is 0 Å². The van der Waals surface area contributed by atoms with Crippen molar-refractivity contribution in [3.63, 3.8) is 0 Å². The van der Waals surface area contributed by atoms with Crippen LogP contribution in [-0.2, 0) is 6.42 Å². The van der Waals surface area contributed by atoms with E-state index in [-0.39, 0.29) is 0 Å². The van der Waals surface area contributed by atoms with Crippen LogP contribution in [0.3, 0.4) is 0 Å². The molecule has 2 heterocycles. The van der Waals surface area contributed by atoms with Crippen LogP contribution in [0.4, 0.5) is 5.69 Å². The van der Waals surface area contributed by atoms with Gasteiger partial charge in [0.15, 0.2) is 0 Å². The van der Waals surface area contributed by atoms with Crippen molar-refractivity contribution in [1.82, 2.24) is 9.97 Å². The molecule has 2 aromatic rings. The van der Waals surface area contributed by atoms with Gasteiger partial charge in [0.05, 0.1) is 6.04 Å². The van der Waals surface area contributed by atoms with E-state index in [4.69, 9.17) is 0 Å². The van der Waals surface area contributed by atoms with Crippen LogP contribution < -0.4 is 5.32 Å². The van der Waals surface area contributed by atoms with Gasteiger partial charge >= 0.3 is 0 Å². The number of rotatable bonds is 1. The summed E-state index contributed by atoms with van der Waals surface area (Å²) in [6, 6.07) is 8.81. The summed E-state index contributed by atoms with van der Waals surface area (Å²) in [7, 11) is 0. The molecule has 0 aliphatic carbocycles. The third-order valence-electron chi connectivity index (χ3n) is 3.03. The lowest BCUT2D eigenvalue weighted by Crippen LogP contribution is -2.18. The Morgan fingerprint density at radius 2 is 1.94 bits per heavy atom. The molecule has 0 amide bonds. The average molecular weight is 211 g/mol. The maximum Gasteiger partial charge on any atom is 0.115 e. The first-order valence-corrected chi connectivity index (χ1v) is 5.53. The Labute approximate surface area is 94.6 Å². The summed E-state index contributed by atoms with van der Waals surface area (Å²) in [5, 5.41) is 3.53. The molecule has 1 atom stereocenters. The lowest BCUT2D eigenvalue weighted by molar-refractivity contribution is 0.662. The van der Waals surface area contributed by atoms with Gasteiger partial charge in [-0.25, -0.2) is 9.97 Å². The van der Waals surface area contributed by atoms with Crippen LogP contribution in [0.25, 0.3) is 0 Å². The fourth-order valence-electron chi connectivity index (χ4n) is 2.18. The van der Waals surface area contributed by atoms with E-state index >= 15 is 0 Å². The second-order valence-corrected chi connectivity index (χ2v) is 4.06. The van der Waals surface area contributed by atoms with Crippen molar-refractivity contribution in [1.29, 1.82) is 0 Å². The Morgan fingerprint density at radius 1 is 1.12 bits per heavy atom. The molecule has 1 aromatic carbocycles. The van der Waals surface area contributed by atoms with Crippen LogP contribution in [0.1, 0.15) is 23.6 Å². The number of aryl methyl sites for hydroxylation is 1. The molecule has 0 fully saturated rings. The largest absolute Gasteiger partial charge is 0.378 e. The highest BCUT2D eigenvalue weighted by atomic mass is 14.9. The number of hydrogen-bond donors (Lipinski definition) is 1. The van der Waals surface area contributed by atoms with Crippen molar-refractivity contribution in [3.8, 4) is 0 Å². The number of hydrogen-bond acceptors (Lipinski definition) is 3. The van der Waals surface area contributed by atoms with Gasteiger partial charge in [-0.15, -0.1) is 0 Å². The topological polar surface area (TPSA) is 37.8 Å². The molecular weight excluding hydrogens is 198 g/mol. The van der Waals surface area contributed by atoms with Crippen molar-refractivity contribution in [2.75, 3.05) is 5.32 Å². The van der Waals surface area contributed by atoms with E-state index in [1.54, 1.807) is 6.33 Å². The van der Waals surface area contributed by atoms with Crippen molar-refractivity contribution in [3.05, 3.63) is 54.1 Å². The Kier molecular flexibility index (Phi) is 2.29. The molecule has 0 radical (unpaired) electrons. The molecule has 0 bridgehead atoms. The van der Waals surface area contributed by atoms with Crippen molar-refractivity contribution >= 4 is 5.69 Å². The minimum atomic E-state index is 0.344. The first-order valence-electron chi connectivity index (χ1n) is 5.53. The Morgan fingerprint density at radius 3 is 2.81 bits per heavy atom. The van der Waals surface area contributed by atoms with Crippen LogP contribution in [-0.4, -0.2) is 9.97 Å². The molecule has 16 heavy (non-hydrogen) atoms. The van der Waals surface area contributed by atoms with E-state index in [0.717, 1.165) is 18.4 Å². The van der Waals surface area contributed by atoms with E-state index in [0.29, 0.717) is 6.04 Å².